The molecule has 1 unspecified atom stereocenters. The predicted molar refractivity (Wildman–Crippen MR) is 85.3 cm³/mol. The smallest absolute Gasteiger partial charge is 0.262 e. The molecule has 0 aliphatic heterocycles. The summed E-state index contributed by atoms with van der Waals surface area (Å²) < 4.78 is 6.34. The van der Waals surface area contributed by atoms with Crippen molar-refractivity contribution < 1.29 is 14.6 Å². The summed E-state index contributed by atoms with van der Waals surface area (Å²) in [7, 11) is 0. The fourth-order valence-electron chi connectivity index (χ4n) is 1.84. The maximum atomic E-state index is 11.8. The molecule has 0 fully saturated rings. The fourth-order valence-corrected chi connectivity index (χ4v) is 2.18. The molecule has 110 valence electrons. The highest BCUT2D eigenvalue weighted by Gasteiger charge is 2.11. The van der Waals surface area contributed by atoms with Crippen LogP contribution >= 0.6 is 15.9 Å². The second kappa shape index (κ2) is 7.24. The normalized spacial score (nSPS) is 11.8. The van der Waals surface area contributed by atoms with E-state index in [0.29, 0.717) is 11.3 Å². The highest BCUT2D eigenvalue weighted by molar-refractivity contribution is 9.10. The first-order chi connectivity index (χ1) is 10.1. The average molecular weight is 350 g/mol. The maximum Gasteiger partial charge on any atom is 0.262 e. The van der Waals surface area contributed by atoms with Gasteiger partial charge in [0.1, 0.15) is 5.75 Å². The molecule has 0 aliphatic carbocycles. The number of hydrogen-bond acceptors (Lipinski definition) is 3. The van der Waals surface area contributed by atoms with Crippen molar-refractivity contribution >= 4 is 27.5 Å². The average Bonchev–Trinajstić information content (AvgIpc) is 2.46. The number of para-hydroxylation sites is 1. The first-order valence-electron chi connectivity index (χ1n) is 6.51. The summed E-state index contributed by atoms with van der Waals surface area (Å²) >= 11 is 3.34. The minimum atomic E-state index is -0.662. The van der Waals surface area contributed by atoms with E-state index in [-0.39, 0.29) is 12.5 Å². The van der Waals surface area contributed by atoms with E-state index in [9.17, 15) is 9.90 Å². The number of ether oxygens (including phenoxy) is 1. The highest BCUT2D eigenvalue weighted by atomic mass is 79.9. The molecule has 0 bridgehead atoms. The number of nitrogens with one attached hydrogen (secondary N) is 1. The molecule has 0 saturated heterocycles. The molecule has 1 amide bonds. The molecule has 0 spiro atoms. The third-order valence-electron chi connectivity index (χ3n) is 2.84. The van der Waals surface area contributed by atoms with E-state index >= 15 is 0 Å². The van der Waals surface area contributed by atoms with E-state index in [2.05, 4.69) is 21.2 Å². The monoisotopic (exact) mass is 349 g/mol. The Hall–Kier alpha value is -1.85. The minimum absolute atomic E-state index is 0.120. The Morgan fingerprint density at radius 1 is 1.29 bits per heavy atom. The lowest BCUT2D eigenvalue weighted by molar-refractivity contribution is -0.118. The molecule has 1 atom stereocenters. The quantitative estimate of drug-likeness (QED) is 0.868. The first-order valence-corrected chi connectivity index (χ1v) is 7.31. The second-order valence-electron chi connectivity index (χ2n) is 4.56. The van der Waals surface area contributed by atoms with Crippen molar-refractivity contribution in [3.8, 4) is 5.75 Å². The third-order valence-corrected chi connectivity index (χ3v) is 3.34. The second-order valence-corrected chi connectivity index (χ2v) is 5.48. The van der Waals surface area contributed by atoms with Gasteiger partial charge < -0.3 is 15.2 Å². The Balaban J connectivity index is 1.99. The number of rotatable bonds is 5. The molecule has 5 heteroatoms. The Morgan fingerprint density at radius 2 is 2.00 bits per heavy atom. The SMILES string of the molecule is CC(O)c1ccc(Br)cc1OCC(=O)Nc1ccccc1. The number of aliphatic hydroxyl groups excluding tert-OH is 1. The van der Waals surface area contributed by atoms with Crippen LogP contribution in [-0.2, 0) is 4.79 Å². The number of carbonyl (C=O) groups excluding carboxylic acids is 1. The molecule has 2 aromatic carbocycles. The zero-order valence-electron chi connectivity index (χ0n) is 11.5. The Kier molecular flexibility index (Phi) is 5.36. The minimum Gasteiger partial charge on any atom is -0.483 e. The number of aliphatic hydroxyl groups is 1. The van der Waals surface area contributed by atoms with Gasteiger partial charge in [-0.1, -0.05) is 40.2 Å². The largest absolute Gasteiger partial charge is 0.483 e. The fraction of sp³-hybridized carbons (Fsp3) is 0.188. The van der Waals surface area contributed by atoms with Gasteiger partial charge in [-0.05, 0) is 31.2 Å². The van der Waals surface area contributed by atoms with Crippen LogP contribution in [0.3, 0.4) is 0 Å². The zero-order chi connectivity index (χ0) is 15.2. The zero-order valence-corrected chi connectivity index (χ0v) is 13.1. The molecule has 2 N–H and O–H groups in total. The molecule has 0 radical (unpaired) electrons. The van der Waals surface area contributed by atoms with E-state index in [4.69, 9.17) is 4.74 Å². The first kappa shape index (κ1) is 15.5. The van der Waals surface area contributed by atoms with Crippen LogP contribution in [0.2, 0.25) is 0 Å². The summed E-state index contributed by atoms with van der Waals surface area (Å²) in [6.07, 6.45) is -0.662. The molecule has 0 saturated carbocycles. The van der Waals surface area contributed by atoms with Gasteiger partial charge in [0.2, 0.25) is 0 Å². The van der Waals surface area contributed by atoms with Crippen molar-refractivity contribution in [3.63, 3.8) is 0 Å². The summed E-state index contributed by atoms with van der Waals surface area (Å²) in [4.78, 5) is 11.8. The van der Waals surface area contributed by atoms with Crippen molar-refractivity contribution in [2.45, 2.75) is 13.0 Å². The van der Waals surface area contributed by atoms with Crippen molar-refractivity contribution in [3.05, 3.63) is 58.6 Å². The van der Waals surface area contributed by atoms with Gasteiger partial charge in [0.25, 0.3) is 5.91 Å². The van der Waals surface area contributed by atoms with Gasteiger partial charge in [-0.3, -0.25) is 4.79 Å². The lowest BCUT2D eigenvalue weighted by Crippen LogP contribution is -2.20. The van der Waals surface area contributed by atoms with E-state index in [0.717, 1.165) is 10.2 Å². The van der Waals surface area contributed by atoms with Gasteiger partial charge in [-0.25, -0.2) is 0 Å². The molecule has 4 nitrogen and oxygen atoms in total. The number of amides is 1. The van der Waals surface area contributed by atoms with E-state index in [1.165, 1.54) is 0 Å². The summed E-state index contributed by atoms with van der Waals surface area (Å²) in [6, 6.07) is 14.5. The van der Waals surface area contributed by atoms with Crippen molar-refractivity contribution in [1.82, 2.24) is 0 Å². The number of carbonyl (C=O) groups is 1. The molecule has 2 aromatic rings. The van der Waals surface area contributed by atoms with Crippen molar-refractivity contribution in [2.24, 2.45) is 0 Å². The number of benzene rings is 2. The van der Waals surface area contributed by atoms with Gasteiger partial charge in [-0.15, -0.1) is 0 Å². The van der Waals surface area contributed by atoms with Crippen LogP contribution in [0.15, 0.2) is 53.0 Å². The number of halogens is 1. The van der Waals surface area contributed by atoms with E-state index < -0.39 is 6.10 Å². The lowest BCUT2D eigenvalue weighted by atomic mass is 10.1. The summed E-state index contributed by atoms with van der Waals surface area (Å²) in [5.74, 6) is 0.236. The van der Waals surface area contributed by atoms with Gasteiger partial charge in [-0.2, -0.15) is 0 Å². The number of anilines is 1. The molecule has 2 rings (SSSR count). The van der Waals surface area contributed by atoms with Crippen LogP contribution in [0, 0.1) is 0 Å². The van der Waals surface area contributed by atoms with E-state index in [1.54, 1.807) is 31.2 Å². The highest BCUT2D eigenvalue weighted by Crippen LogP contribution is 2.28. The standard InChI is InChI=1S/C16H16BrNO3/c1-11(19)14-8-7-12(17)9-15(14)21-10-16(20)18-13-5-3-2-4-6-13/h2-9,11,19H,10H2,1H3,(H,18,20). The Labute approximate surface area is 131 Å². The van der Waals surface area contributed by atoms with Crippen molar-refractivity contribution in [2.75, 3.05) is 11.9 Å². The summed E-state index contributed by atoms with van der Waals surface area (Å²) in [5.41, 5.74) is 1.36. The Morgan fingerprint density at radius 3 is 2.67 bits per heavy atom. The molecule has 0 aliphatic rings. The Bertz CT molecular complexity index is 614. The van der Waals surface area contributed by atoms with Crippen LogP contribution in [0.4, 0.5) is 5.69 Å². The topological polar surface area (TPSA) is 58.6 Å². The van der Waals surface area contributed by atoms with Gasteiger partial charge in [0.15, 0.2) is 6.61 Å². The predicted octanol–water partition coefficient (Wildman–Crippen LogP) is 3.52. The van der Waals surface area contributed by atoms with Crippen LogP contribution in [0.25, 0.3) is 0 Å². The van der Waals surface area contributed by atoms with Gasteiger partial charge in [0.05, 0.1) is 6.10 Å². The summed E-state index contributed by atoms with van der Waals surface area (Å²) in [6.45, 7) is 1.53. The van der Waals surface area contributed by atoms with Crippen LogP contribution in [0.5, 0.6) is 5.75 Å². The maximum absolute atomic E-state index is 11.8. The van der Waals surface area contributed by atoms with Gasteiger partial charge in [0, 0.05) is 15.7 Å². The molecular weight excluding hydrogens is 334 g/mol. The van der Waals surface area contributed by atoms with Crippen LogP contribution in [0.1, 0.15) is 18.6 Å². The third kappa shape index (κ3) is 4.58. The molecule has 0 heterocycles. The van der Waals surface area contributed by atoms with Crippen LogP contribution in [-0.4, -0.2) is 17.6 Å². The molecule has 21 heavy (non-hydrogen) atoms. The van der Waals surface area contributed by atoms with E-state index in [1.807, 2.05) is 24.3 Å². The molecule has 0 aromatic heterocycles. The van der Waals surface area contributed by atoms with Crippen LogP contribution < -0.4 is 10.1 Å². The summed E-state index contributed by atoms with van der Waals surface area (Å²) in [5, 5.41) is 12.4. The molecular formula is C16H16BrNO3. The lowest BCUT2D eigenvalue weighted by Gasteiger charge is -2.14. The van der Waals surface area contributed by atoms with Crippen molar-refractivity contribution in [1.29, 1.82) is 0 Å². The van der Waals surface area contributed by atoms with Gasteiger partial charge >= 0.3 is 0 Å². The number of hydrogen-bond donors (Lipinski definition) is 2.